The number of hydrogen-bond donors (Lipinski definition) is 1. The zero-order valence-electron chi connectivity index (χ0n) is 12.0. The summed E-state index contributed by atoms with van der Waals surface area (Å²) in [5, 5.41) is 3.00. The van der Waals surface area contributed by atoms with Gasteiger partial charge in [0, 0.05) is 6.20 Å². The van der Waals surface area contributed by atoms with Gasteiger partial charge in [-0.15, -0.1) is 0 Å². The molecule has 0 aliphatic heterocycles. The van der Waals surface area contributed by atoms with E-state index in [9.17, 15) is 4.79 Å². The number of ether oxygens (including phenoxy) is 1. The van der Waals surface area contributed by atoms with E-state index >= 15 is 0 Å². The molecular weight excluding hydrogens is 288 g/mol. The molecular formula is C16H17ClN2O2. The summed E-state index contributed by atoms with van der Waals surface area (Å²) in [6, 6.07) is 11.0. The molecule has 1 aromatic heterocycles. The van der Waals surface area contributed by atoms with Gasteiger partial charge in [0.05, 0.1) is 5.69 Å². The third-order valence-electron chi connectivity index (χ3n) is 2.95. The summed E-state index contributed by atoms with van der Waals surface area (Å²) in [7, 11) is 0. The van der Waals surface area contributed by atoms with E-state index in [2.05, 4.69) is 10.3 Å². The molecule has 0 saturated carbocycles. The molecule has 1 N–H and O–H groups in total. The standard InChI is InChI=1S/C16H17ClN2O2/c1-3-14(21-12-7-4-6-11(2)10-12)16(20)19-13-8-5-9-18-15(13)17/h4-10,14H,3H2,1-2H3,(H,19,20)/t14-/m1/s1. The first-order valence-electron chi connectivity index (χ1n) is 6.75. The number of amides is 1. The van der Waals surface area contributed by atoms with Crippen LogP contribution in [0.15, 0.2) is 42.6 Å². The van der Waals surface area contributed by atoms with Gasteiger partial charge in [0.15, 0.2) is 11.3 Å². The molecule has 1 atom stereocenters. The maximum Gasteiger partial charge on any atom is 0.265 e. The van der Waals surface area contributed by atoms with Gasteiger partial charge >= 0.3 is 0 Å². The van der Waals surface area contributed by atoms with E-state index in [1.54, 1.807) is 18.3 Å². The quantitative estimate of drug-likeness (QED) is 0.854. The fraction of sp³-hybridized carbons (Fsp3) is 0.250. The number of anilines is 1. The molecule has 2 aromatic rings. The summed E-state index contributed by atoms with van der Waals surface area (Å²) in [5.41, 5.74) is 1.56. The largest absolute Gasteiger partial charge is 0.481 e. The highest BCUT2D eigenvalue weighted by Gasteiger charge is 2.19. The minimum Gasteiger partial charge on any atom is -0.481 e. The summed E-state index contributed by atoms with van der Waals surface area (Å²) >= 11 is 5.93. The molecule has 5 heteroatoms. The van der Waals surface area contributed by atoms with Crippen LogP contribution in [0.3, 0.4) is 0 Å². The van der Waals surface area contributed by atoms with Gasteiger partial charge < -0.3 is 10.1 Å². The van der Waals surface area contributed by atoms with Gasteiger partial charge in [-0.2, -0.15) is 0 Å². The first-order chi connectivity index (χ1) is 10.1. The van der Waals surface area contributed by atoms with Crippen LogP contribution in [-0.4, -0.2) is 17.0 Å². The summed E-state index contributed by atoms with van der Waals surface area (Å²) in [5.74, 6) is 0.434. The molecule has 1 aromatic carbocycles. The summed E-state index contributed by atoms with van der Waals surface area (Å²) in [6.07, 6.45) is 1.54. The average molecular weight is 305 g/mol. The van der Waals surface area contributed by atoms with E-state index in [4.69, 9.17) is 16.3 Å². The van der Waals surface area contributed by atoms with Crippen molar-refractivity contribution in [3.05, 3.63) is 53.3 Å². The SMILES string of the molecule is CC[C@@H](Oc1cccc(C)c1)C(=O)Nc1cccnc1Cl. The first kappa shape index (κ1) is 15.3. The lowest BCUT2D eigenvalue weighted by Gasteiger charge is -2.17. The van der Waals surface area contributed by atoms with Crippen LogP contribution in [-0.2, 0) is 4.79 Å². The lowest BCUT2D eigenvalue weighted by Crippen LogP contribution is -2.32. The van der Waals surface area contributed by atoms with E-state index in [0.717, 1.165) is 5.56 Å². The van der Waals surface area contributed by atoms with Crippen molar-refractivity contribution in [2.24, 2.45) is 0 Å². The highest BCUT2D eigenvalue weighted by atomic mass is 35.5. The number of aromatic nitrogens is 1. The number of hydrogen-bond acceptors (Lipinski definition) is 3. The van der Waals surface area contributed by atoms with Crippen molar-refractivity contribution in [3.8, 4) is 5.75 Å². The molecule has 2 rings (SSSR count). The van der Waals surface area contributed by atoms with Crippen LogP contribution in [0.5, 0.6) is 5.75 Å². The number of pyridine rings is 1. The van der Waals surface area contributed by atoms with Gasteiger partial charge in [-0.25, -0.2) is 4.98 Å². The molecule has 0 bridgehead atoms. The van der Waals surface area contributed by atoms with Gasteiger partial charge in [-0.05, 0) is 43.2 Å². The normalized spacial score (nSPS) is 11.8. The predicted octanol–water partition coefficient (Wildman–Crippen LogP) is 3.84. The molecule has 21 heavy (non-hydrogen) atoms. The third-order valence-corrected chi connectivity index (χ3v) is 3.25. The maximum absolute atomic E-state index is 12.3. The van der Waals surface area contributed by atoms with Crippen LogP contribution in [0.2, 0.25) is 5.15 Å². The monoisotopic (exact) mass is 304 g/mol. The van der Waals surface area contributed by atoms with Crippen molar-refractivity contribution in [1.29, 1.82) is 0 Å². The number of rotatable bonds is 5. The molecule has 4 nitrogen and oxygen atoms in total. The fourth-order valence-electron chi connectivity index (χ4n) is 1.87. The smallest absolute Gasteiger partial charge is 0.265 e. The Hall–Kier alpha value is -2.07. The second-order valence-electron chi connectivity index (χ2n) is 4.66. The first-order valence-corrected chi connectivity index (χ1v) is 7.12. The number of benzene rings is 1. The Morgan fingerprint density at radius 2 is 2.19 bits per heavy atom. The topological polar surface area (TPSA) is 51.2 Å². The van der Waals surface area contributed by atoms with Crippen LogP contribution < -0.4 is 10.1 Å². The molecule has 1 heterocycles. The molecule has 110 valence electrons. The summed E-state index contributed by atoms with van der Waals surface area (Å²) in [6.45, 7) is 3.87. The zero-order valence-corrected chi connectivity index (χ0v) is 12.7. The molecule has 0 unspecified atom stereocenters. The van der Waals surface area contributed by atoms with E-state index in [-0.39, 0.29) is 11.1 Å². The molecule has 0 aliphatic carbocycles. The Morgan fingerprint density at radius 1 is 1.38 bits per heavy atom. The Bertz CT molecular complexity index is 631. The molecule has 1 amide bonds. The number of carbonyl (C=O) groups is 1. The van der Waals surface area contributed by atoms with Gasteiger partial charge in [-0.1, -0.05) is 30.7 Å². The Morgan fingerprint density at radius 3 is 2.86 bits per heavy atom. The highest BCUT2D eigenvalue weighted by molar-refractivity contribution is 6.32. The van der Waals surface area contributed by atoms with Gasteiger partial charge in [0.1, 0.15) is 5.75 Å². The Balaban J connectivity index is 2.07. The third kappa shape index (κ3) is 4.20. The molecule has 0 aliphatic rings. The maximum atomic E-state index is 12.3. The second kappa shape index (κ2) is 7.09. The summed E-state index contributed by atoms with van der Waals surface area (Å²) < 4.78 is 5.74. The van der Waals surface area contributed by atoms with Gasteiger partial charge in [-0.3, -0.25) is 4.79 Å². The number of nitrogens with one attached hydrogen (secondary N) is 1. The molecule has 0 saturated heterocycles. The van der Waals surface area contributed by atoms with E-state index in [1.807, 2.05) is 38.1 Å². The Kier molecular flexibility index (Phi) is 5.17. The number of nitrogens with zero attached hydrogens (tertiary/aromatic N) is 1. The highest BCUT2D eigenvalue weighted by Crippen LogP contribution is 2.20. The van der Waals surface area contributed by atoms with Crippen LogP contribution in [0.1, 0.15) is 18.9 Å². The van der Waals surface area contributed by atoms with Crippen LogP contribution >= 0.6 is 11.6 Å². The molecule has 0 radical (unpaired) electrons. The van der Waals surface area contributed by atoms with E-state index in [1.165, 1.54) is 0 Å². The lowest BCUT2D eigenvalue weighted by atomic mass is 10.2. The molecule has 0 fully saturated rings. The van der Waals surface area contributed by atoms with Crippen LogP contribution in [0.4, 0.5) is 5.69 Å². The van der Waals surface area contributed by atoms with Crippen molar-refractivity contribution in [2.45, 2.75) is 26.4 Å². The Labute approximate surface area is 129 Å². The predicted molar refractivity (Wildman–Crippen MR) is 83.8 cm³/mol. The second-order valence-corrected chi connectivity index (χ2v) is 5.02. The zero-order chi connectivity index (χ0) is 15.2. The summed E-state index contributed by atoms with van der Waals surface area (Å²) in [4.78, 5) is 16.2. The molecule has 0 spiro atoms. The van der Waals surface area contributed by atoms with E-state index in [0.29, 0.717) is 17.9 Å². The van der Waals surface area contributed by atoms with Crippen molar-refractivity contribution in [1.82, 2.24) is 4.98 Å². The van der Waals surface area contributed by atoms with Crippen LogP contribution in [0, 0.1) is 6.92 Å². The number of aryl methyl sites for hydroxylation is 1. The van der Waals surface area contributed by atoms with Crippen molar-refractivity contribution in [3.63, 3.8) is 0 Å². The van der Waals surface area contributed by atoms with Crippen LogP contribution in [0.25, 0.3) is 0 Å². The van der Waals surface area contributed by atoms with E-state index < -0.39 is 6.10 Å². The van der Waals surface area contributed by atoms with Crippen molar-refractivity contribution >= 4 is 23.2 Å². The number of carbonyl (C=O) groups excluding carboxylic acids is 1. The fourth-order valence-corrected chi connectivity index (χ4v) is 2.03. The van der Waals surface area contributed by atoms with Crippen molar-refractivity contribution < 1.29 is 9.53 Å². The van der Waals surface area contributed by atoms with Crippen molar-refractivity contribution in [2.75, 3.05) is 5.32 Å². The van der Waals surface area contributed by atoms with Gasteiger partial charge in [0.2, 0.25) is 0 Å². The lowest BCUT2D eigenvalue weighted by molar-refractivity contribution is -0.122. The number of halogens is 1. The average Bonchev–Trinajstić information content (AvgIpc) is 2.47. The van der Waals surface area contributed by atoms with Gasteiger partial charge in [0.25, 0.3) is 5.91 Å². The minimum absolute atomic E-state index is 0.242. The minimum atomic E-state index is -0.580.